The highest BCUT2D eigenvalue weighted by Crippen LogP contribution is 2.09. The van der Waals surface area contributed by atoms with Gasteiger partial charge >= 0.3 is 0 Å². The van der Waals surface area contributed by atoms with Gasteiger partial charge in [-0.2, -0.15) is 5.10 Å². The van der Waals surface area contributed by atoms with Crippen LogP contribution in [0.25, 0.3) is 0 Å². The molecule has 2 amide bonds. The van der Waals surface area contributed by atoms with Crippen molar-refractivity contribution in [2.75, 3.05) is 12.3 Å². The molecule has 0 saturated carbocycles. The summed E-state index contributed by atoms with van der Waals surface area (Å²) in [6, 6.07) is 0.0101. The highest BCUT2D eigenvalue weighted by atomic mass is 16.2. The van der Waals surface area contributed by atoms with Crippen LogP contribution in [0.2, 0.25) is 0 Å². The lowest BCUT2D eigenvalue weighted by Gasteiger charge is -2.10. The molecule has 4 N–H and O–H groups in total. The maximum atomic E-state index is 11.9. The Bertz CT molecular complexity index is 468. The lowest BCUT2D eigenvalue weighted by atomic mass is 10.2. The molecule has 7 heteroatoms. The van der Waals surface area contributed by atoms with E-state index in [2.05, 4.69) is 15.7 Å². The average molecular weight is 251 g/mol. The largest absolute Gasteiger partial charge is 0.396 e. The first-order valence-electron chi connectivity index (χ1n) is 6.00. The zero-order valence-corrected chi connectivity index (χ0v) is 10.3. The molecule has 18 heavy (non-hydrogen) atoms. The van der Waals surface area contributed by atoms with E-state index in [1.54, 1.807) is 10.9 Å². The second-order valence-corrected chi connectivity index (χ2v) is 4.30. The van der Waals surface area contributed by atoms with Crippen LogP contribution in [0.1, 0.15) is 30.3 Å². The number of aromatic nitrogens is 2. The normalized spacial score (nSPS) is 18.7. The minimum absolute atomic E-state index is 0.0101. The molecular weight excluding hydrogens is 234 g/mol. The van der Waals surface area contributed by atoms with Crippen molar-refractivity contribution in [1.82, 2.24) is 20.4 Å². The van der Waals surface area contributed by atoms with Crippen LogP contribution in [-0.4, -0.2) is 34.2 Å². The summed E-state index contributed by atoms with van der Waals surface area (Å²) < 4.78 is 1.61. The van der Waals surface area contributed by atoms with Crippen LogP contribution >= 0.6 is 0 Å². The number of rotatable bonds is 4. The van der Waals surface area contributed by atoms with Gasteiger partial charge in [0.15, 0.2) is 5.69 Å². The molecule has 1 aliphatic rings. The van der Waals surface area contributed by atoms with Crippen LogP contribution < -0.4 is 16.4 Å². The fourth-order valence-electron chi connectivity index (χ4n) is 1.91. The van der Waals surface area contributed by atoms with Crippen molar-refractivity contribution in [2.45, 2.75) is 32.4 Å². The van der Waals surface area contributed by atoms with Gasteiger partial charge in [-0.25, -0.2) is 0 Å². The summed E-state index contributed by atoms with van der Waals surface area (Å²) in [6.45, 7) is 2.99. The zero-order chi connectivity index (χ0) is 13.1. The molecule has 1 aromatic rings. The molecule has 0 spiro atoms. The highest BCUT2D eigenvalue weighted by Gasteiger charge is 2.22. The van der Waals surface area contributed by atoms with E-state index >= 15 is 0 Å². The number of nitrogens with two attached hydrogens (primary N) is 1. The van der Waals surface area contributed by atoms with Gasteiger partial charge in [0.2, 0.25) is 5.91 Å². The maximum absolute atomic E-state index is 11.9. The van der Waals surface area contributed by atoms with Gasteiger partial charge in [0.25, 0.3) is 5.91 Å². The average Bonchev–Trinajstić information content (AvgIpc) is 2.92. The lowest BCUT2D eigenvalue weighted by molar-refractivity contribution is -0.119. The fourth-order valence-corrected chi connectivity index (χ4v) is 1.91. The second-order valence-electron chi connectivity index (χ2n) is 4.30. The topological polar surface area (TPSA) is 102 Å². The number of nitrogen functional groups attached to an aromatic ring is 1. The molecule has 0 aromatic carbocycles. The molecule has 0 bridgehead atoms. The third-order valence-electron chi connectivity index (χ3n) is 2.92. The van der Waals surface area contributed by atoms with Crippen LogP contribution in [0, 0.1) is 0 Å². The van der Waals surface area contributed by atoms with Gasteiger partial charge in [0.1, 0.15) is 0 Å². The minimum Gasteiger partial charge on any atom is -0.396 e. The summed E-state index contributed by atoms with van der Waals surface area (Å²) in [5.74, 6) is -0.273. The SMILES string of the molecule is CCn1cc(N)c(C(=O)NCC2CCC(=O)N2)n1. The van der Waals surface area contributed by atoms with Crippen molar-refractivity contribution in [2.24, 2.45) is 0 Å². The number of hydrogen-bond donors (Lipinski definition) is 3. The van der Waals surface area contributed by atoms with Gasteiger partial charge < -0.3 is 16.4 Å². The van der Waals surface area contributed by atoms with Crippen LogP contribution in [0.3, 0.4) is 0 Å². The highest BCUT2D eigenvalue weighted by molar-refractivity contribution is 5.97. The van der Waals surface area contributed by atoms with Crippen LogP contribution in [0.15, 0.2) is 6.20 Å². The van der Waals surface area contributed by atoms with Crippen molar-refractivity contribution in [1.29, 1.82) is 0 Å². The Hall–Kier alpha value is -2.05. The predicted molar refractivity (Wildman–Crippen MR) is 65.8 cm³/mol. The van der Waals surface area contributed by atoms with Gasteiger partial charge in [-0.3, -0.25) is 14.3 Å². The number of carbonyl (C=O) groups excluding carboxylic acids is 2. The van der Waals surface area contributed by atoms with E-state index in [1.807, 2.05) is 6.92 Å². The zero-order valence-electron chi connectivity index (χ0n) is 10.3. The Morgan fingerprint density at radius 1 is 1.72 bits per heavy atom. The molecule has 1 aliphatic heterocycles. The molecule has 98 valence electrons. The molecule has 2 heterocycles. The number of nitrogens with one attached hydrogen (secondary N) is 2. The van der Waals surface area contributed by atoms with Crippen molar-refractivity contribution >= 4 is 17.5 Å². The standard InChI is InChI=1S/C11H17N5O2/c1-2-16-6-8(12)10(15-16)11(18)13-5-7-3-4-9(17)14-7/h6-7H,2-5,12H2,1H3,(H,13,18)(H,14,17). The Morgan fingerprint density at radius 2 is 2.50 bits per heavy atom. The molecule has 1 aromatic heterocycles. The first kappa shape index (κ1) is 12.4. The van der Waals surface area contributed by atoms with Crippen molar-refractivity contribution in [3.63, 3.8) is 0 Å². The number of carbonyl (C=O) groups is 2. The first-order chi connectivity index (χ1) is 8.60. The van der Waals surface area contributed by atoms with Gasteiger partial charge in [-0.15, -0.1) is 0 Å². The Kier molecular flexibility index (Phi) is 3.50. The Labute approximate surface area is 105 Å². The maximum Gasteiger partial charge on any atom is 0.274 e. The van der Waals surface area contributed by atoms with Gasteiger partial charge in [0, 0.05) is 31.7 Å². The molecule has 1 fully saturated rings. The number of hydrogen-bond acceptors (Lipinski definition) is 4. The van der Waals surface area contributed by atoms with E-state index in [9.17, 15) is 9.59 Å². The van der Waals surface area contributed by atoms with E-state index < -0.39 is 0 Å². The lowest BCUT2D eigenvalue weighted by Crippen LogP contribution is -2.38. The van der Waals surface area contributed by atoms with E-state index in [-0.39, 0.29) is 23.6 Å². The van der Waals surface area contributed by atoms with Crippen molar-refractivity contribution in [3.05, 3.63) is 11.9 Å². The number of amides is 2. The van der Waals surface area contributed by atoms with Gasteiger partial charge in [0.05, 0.1) is 5.69 Å². The monoisotopic (exact) mass is 251 g/mol. The van der Waals surface area contributed by atoms with E-state index in [1.165, 1.54) is 0 Å². The first-order valence-corrected chi connectivity index (χ1v) is 6.00. The quantitative estimate of drug-likeness (QED) is 0.671. The number of anilines is 1. The van der Waals surface area contributed by atoms with E-state index in [4.69, 9.17) is 5.73 Å². The minimum atomic E-state index is -0.305. The molecule has 2 rings (SSSR count). The third kappa shape index (κ3) is 2.61. The van der Waals surface area contributed by atoms with Crippen LogP contribution in [0.5, 0.6) is 0 Å². The van der Waals surface area contributed by atoms with Crippen molar-refractivity contribution in [3.8, 4) is 0 Å². The fraction of sp³-hybridized carbons (Fsp3) is 0.545. The molecule has 0 radical (unpaired) electrons. The molecular formula is C11H17N5O2. The summed E-state index contributed by atoms with van der Waals surface area (Å²) in [5, 5.41) is 9.59. The summed E-state index contributed by atoms with van der Waals surface area (Å²) in [5.41, 5.74) is 6.31. The van der Waals surface area contributed by atoms with Gasteiger partial charge in [-0.1, -0.05) is 0 Å². The summed E-state index contributed by atoms with van der Waals surface area (Å²) in [6.07, 6.45) is 2.90. The molecule has 7 nitrogen and oxygen atoms in total. The van der Waals surface area contributed by atoms with E-state index in [0.29, 0.717) is 25.2 Å². The summed E-state index contributed by atoms with van der Waals surface area (Å²) in [7, 11) is 0. The molecule has 0 aliphatic carbocycles. The molecule has 1 unspecified atom stereocenters. The van der Waals surface area contributed by atoms with Crippen molar-refractivity contribution < 1.29 is 9.59 Å². The predicted octanol–water partition coefficient (Wildman–Crippen LogP) is -0.506. The smallest absolute Gasteiger partial charge is 0.274 e. The Balaban J connectivity index is 1.91. The molecule has 1 atom stereocenters. The summed E-state index contributed by atoms with van der Waals surface area (Å²) in [4.78, 5) is 22.9. The van der Waals surface area contributed by atoms with Crippen LogP contribution in [-0.2, 0) is 11.3 Å². The number of aryl methyl sites for hydroxylation is 1. The Morgan fingerprint density at radius 3 is 3.06 bits per heavy atom. The van der Waals surface area contributed by atoms with E-state index in [0.717, 1.165) is 6.42 Å². The third-order valence-corrected chi connectivity index (χ3v) is 2.92. The molecule has 1 saturated heterocycles. The van der Waals surface area contributed by atoms with Gasteiger partial charge in [-0.05, 0) is 13.3 Å². The van der Waals surface area contributed by atoms with Crippen LogP contribution in [0.4, 0.5) is 5.69 Å². The number of nitrogens with zero attached hydrogens (tertiary/aromatic N) is 2. The summed E-state index contributed by atoms with van der Waals surface area (Å²) >= 11 is 0. The second kappa shape index (κ2) is 5.07.